The van der Waals surface area contributed by atoms with Gasteiger partial charge in [-0.15, -0.1) is 0 Å². The Hall–Kier alpha value is -1.79. The lowest BCUT2D eigenvalue weighted by molar-refractivity contribution is -0.149. The fraction of sp³-hybridized carbons (Fsp3) is 0.786. The molecule has 3 N–H and O–H groups in total. The molecule has 7 heteroatoms. The van der Waals surface area contributed by atoms with Crippen LogP contribution in [-0.4, -0.2) is 55.1 Å². The standard InChI is InChI=1S/C14H25N3O4/c1-17(2)11(18)9-15-13(21)16-10-14(12(19)20)7-5-3-4-6-8-14/h3-10H2,1-2H3,(H,19,20)(H2,15,16,21). The molecule has 0 spiro atoms. The first-order valence-corrected chi connectivity index (χ1v) is 7.33. The summed E-state index contributed by atoms with van der Waals surface area (Å²) in [7, 11) is 3.21. The van der Waals surface area contributed by atoms with Crippen LogP contribution < -0.4 is 10.6 Å². The molecular formula is C14H25N3O4. The number of hydrogen-bond donors (Lipinski definition) is 3. The first-order chi connectivity index (χ1) is 9.87. The van der Waals surface area contributed by atoms with E-state index in [0.29, 0.717) is 12.8 Å². The maximum atomic E-state index is 11.7. The van der Waals surface area contributed by atoms with Gasteiger partial charge in [-0.2, -0.15) is 0 Å². The fourth-order valence-electron chi connectivity index (χ4n) is 2.50. The second-order valence-electron chi connectivity index (χ2n) is 5.82. The number of rotatable bonds is 5. The molecule has 1 aliphatic carbocycles. The number of carboxylic acid groups (broad SMARTS) is 1. The average Bonchev–Trinajstić information content (AvgIpc) is 2.68. The summed E-state index contributed by atoms with van der Waals surface area (Å²) in [5, 5.41) is 14.5. The summed E-state index contributed by atoms with van der Waals surface area (Å²) in [6, 6.07) is -0.505. The van der Waals surface area contributed by atoms with Crippen molar-refractivity contribution in [2.24, 2.45) is 5.41 Å². The molecule has 0 aromatic carbocycles. The van der Waals surface area contributed by atoms with Gasteiger partial charge in [-0.3, -0.25) is 9.59 Å². The molecule has 1 rings (SSSR count). The molecule has 0 saturated heterocycles. The number of urea groups is 1. The largest absolute Gasteiger partial charge is 0.481 e. The summed E-state index contributed by atoms with van der Waals surface area (Å²) in [5.74, 6) is -1.07. The number of hydrogen-bond acceptors (Lipinski definition) is 3. The number of carboxylic acids is 1. The number of amides is 3. The molecule has 21 heavy (non-hydrogen) atoms. The van der Waals surface area contributed by atoms with Gasteiger partial charge in [-0.25, -0.2) is 4.79 Å². The SMILES string of the molecule is CN(C)C(=O)CNC(=O)NCC1(C(=O)O)CCCCCC1. The van der Waals surface area contributed by atoms with Crippen molar-refractivity contribution in [2.75, 3.05) is 27.2 Å². The Morgan fingerprint density at radius 1 is 1.05 bits per heavy atom. The van der Waals surface area contributed by atoms with Crippen molar-refractivity contribution in [3.05, 3.63) is 0 Å². The number of nitrogens with one attached hydrogen (secondary N) is 2. The molecule has 0 heterocycles. The molecule has 1 aliphatic rings. The quantitative estimate of drug-likeness (QED) is 0.654. The number of nitrogens with zero attached hydrogens (tertiary/aromatic N) is 1. The van der Waals surface area contributed by atoms with Gasteiger partial charge < -0.3 is 20.6 Å². The van der Waals surface area contributed by atoms with Gasteiger partial charge in [0.1, 0.15) is 0 Å². The number of carbonyl (C=O) groups is 3. The van der Waals surface area contributed by atoms with E-state index in [9.17, 15) is 19.5 Å². The molecule has 7 nitrogen and oxygen atoms in total. The van der Waals surface area contributed by atoms with E-state index in [1.165, 1.54) is 4.90 Å². The van der Waals surface area contributed by atoms with Crippen LogP contribution in [-0.2, 0) is 9.59 Å². The van der Waals surface area contributed by atoms with E-state index < -0.39 is 17.4 Å². The Morgan fingerprint density at radius 3 is 2.10 bits per heavy atom. The molecule has 0 aromatic heterocycles. The molecule has 120 valence electrons. The topological polar surface area (TPSA) is 98.7 Å². The van der Waals surface area contributed by atoms with Crippen molar-refractivity contribution in [3.8, 4) is 0 Å². The minimum absolute atomic E-state index is 0.0983. The summed E-state index contributed by atoms with van der Waals surface area (Å²) in [5.41, 5.74) is -0.876. The van der Waals surface area contributed by atoms with E-state index in [4.69, 9.17) is 0 Å². The first-order valence-electron chi connectivity index (χ1n) is 7.33. The van der Waals surface area contributed by atoms with E-state index in [-0.39, 0.29) is 19.0 Å². The second kappa shape index (κ2) is 7.85. The van der Waals surface area contributed by atoms with Crippen molar-refractivity contribution in [3.63, 3.8) is 0 Å². The maximum absolute atomic E-state index is 11.7. The van der Waals surface area contributed by atoms with Gasteiger partial charge in [-0.05, 0) is 12.8 Å². The molecule has 0 bridgehead atoms. The Bertz CT molecular complexity index is 388. The molecular weight excluding hydrogens is 274 g/mol. The zero-order valence-electron chi connectivity index (χ0n) is 12.8. The van der Waals surface area contributed by atoms with Crippen LogP contribution in [0.4, 0.5) is 4.79 Å². The van der Waals surface area contributed by atoms with Gasteiger partial charge in [0.15, 0.2) is 0 Å². The Morgan fingerprint density at radius 2 is 1.62 bits per heavy atom. The van der Waals surface area contributed by atoms with Crippen LogP contribution in [0.2, 0.25) is 0 Å². The van der Waals surface area contributed by atoms with Gasteiger partial charge >= 0.3 is 12.0 Å². The van der Waals surface area contributed by atoms with E-state index in [1.807, 2.05) is 0 Å². The molecule has 3 amide bonds. The summed E-state index contributed by atoms with van der Waals surface area (Å²) < 4.78 is 0. The smallest absolute Gasteiger partial charge is 0.315 e. The summed E-state index contributed by atoms with van der Waals surface area (Å²) in [4.78, 5) is 36.0. The van der Waals surface area contributed by atoms with E-state index in [2.05, 4.69) is 10.6 Å². The van der Waals surface area contributed by atoms with E-state index in [0.717, 1.165) is 25.7 Å². The van der Waals surface area contributed by atoms with Crippen LogP contribution in [0.25, 0.3) is 0 Å². The Labute approximate surface area is 125 Å². The molecule has 0 radical (unpaired) electrons. The molecule has 0 aliphatic heterocycles. The van der Waals surface area contributed by atoms with Crippen molar-refractivity contribution in [2.45, 2.75) is 38.5 Å². The zero-order valence-corrected chi connectivity index (χ0v) is 12.8. The van der Waals surface area contributed by atoms with E-state index >= 15 is 0 Å². The van der Waals surface area contributed by atoms with Gasteiger partial charge in [0, 0.05) is 20.6 Å². The summed E-state index contributed by atoms with van der Waals surface area (Å²) in [6.07, 6.45) is 4.99. The Balaban J connectivity index is 2.47. The lowest BCUT2D eigenvalue weighted by Crippen LogP contribution is -2.47. The van der Waals surface area contributed by atoms with Gasteiger partial charge in [-0.1, -0.05) is 25.7 Å². The molecule has 1 saturated carbocycles. The molecule has 0 aromatic rings. The average molecular weight is 299 g/mol. The Kier molecular flexibility index (Phi) is 6.45. The fourth-order valence-corrected chi connectivity index (χ4v) is 2.50. The van der Waals surface area contributed by atoms with E-state index in [1.54, 1.807) is 14.1 Å². The lowest BCUT2D eigenvalue weighted by Gasteiger charge is -2.28. The minimum atomic E-state index is -0.876. The van der Waals surface area contributed by atoms with Crippen LogP contribution >= 0.6 is 0 Å². The highest BCUT2D eigenvalue weighted by Crippen LogP contribution is 2.34. The predicted octanol–water partition coefficient (Wildman–Crippen LogP) is 0.799. The van der Waals surface area contributed by atoms with Crippen LogP contribution in [0.1, 0.15) is 38.5 Å². The van der Waals surface area contributed by atoms with Crippen LogP contribution in [0.5, 0.6) is 0 Å². The van der Waals surface area contributed by atoms with Gasteiger partial charge in [0.2, 0.25) is 5.91 Å². The molecule has 0 atom stereocenters. The van der Waals surface area contributed by atoms with Crippen LogP contribution in [0.15, 0.2) is 0 Å². The van der Waals surface area contributed by atoms with Crippen LogP contribution in [0.3, 0.4) is 0 Å². The third-order valence-corrected chi connectivity index (χ3v) is 4.00. The lowest BCUT2D eigenvalue weighted by atomic mass is 9.80. The normalized spacial score (nSPS) is 17.4. The highest BCUT2D eigenvalue weighted by molar-refractivity contribution is 5.84. The third-order valence-electron chi connectivity index (χ3n) is 4.00. The summed E-state index contributed by atoms with van der Waals surface area (Å²) in [6.45, 7) is 0.00320. The van der Waals surface area contributed by atoms with Gasteiger partial charge in [0.05, 0.1) is 12.0 Å². The first kappa shape index (κ1) is 17.3. The molecule has 0 unspecified atom stereocenters. The second-order valence-corrected chi connectivity index (χ2v) is 5.82. The summed E-state index contributed by atoms with van der Waals surface area (Å²) >= 11 is 0. The zero-order chi connectivity index (χ0) is 15.9. The number of aliphatic carboxylic acids is 1. The minimum Gasteiger partial charge on any atom is -0.481 e. The van der Waals surface area contributed by atoms with Crippen molar-refractivity contribution >= 4 is 17.9 Å². The maximum Gasteiger partial charge on any atom is 0.315 e. The highest BCUT2D eigenvalue weighted by Gasteiger charge is 2.38. The predicted molar refractivity (Wildman–Crippen MR) is 77.9 cm³/mol. The number of likely N-dealkylation sites (N-methyl/N-ethyl adjacent to an activating group) is 1. The van der Waals surface area contributed by atoms with Crippen LogP contribution in [0, 0.1) is 5.41 Å². The monoisotopic (exact) mass is 299 g/mol. The number of carbonyl (C=O) groups excluding carboxylic acids is 2. The third kappa shape index (κ3) is 5.24. The van der Waals surface area contributed by atoms with Crippen molar-refractivity contribution in [1.82, 2.24) is 15.5 Å². The van der Waals surface area contributed by atoms with Crippen molar-refractivity contribution < 1.29 is 19.5 Å². The highest BCUT2D eigenvalue weighted by atomic mass is 16.4. The van der Waals surface area contributed by atoms with Gasteiger partial charge in [0.25, 0.3) is 0 Å². The van der Waals surface area contributed by atoms with Crippen molar-refractivity contribution in [1.29, 1.82) is 0 Å². The molecule has 1 fully saturated rings.